The van der Waals surface area contributed by atoms with Gasteiger partial charge in [0.15, 0.2) is 11.6 Å². The number of Topliss-reactive ketones (excluding diaryl/α,β-unsaturated/α-hetero) is 1. The Bertz CT molecular complexity index is 1280. The molecule has 6 fully saturated rings. The summed E-state index contributed by atoms with van der Waals surface area (Å²) in [7, 11) is 0. The number of carbonyl (C=O) groups excluding carboxylic acids is 3. The largest absolute Gasteiger partial charge is 0.393 e. The molecule has 0 aromatic rings. The molecule has 4 heteroatoms. The molecule has 0 spiro atoms. The van der Waals surface area contributed by atoms with E-state index in [0.717, 1.165) is 63.2 Å². The average Bonchev–Trinajstić information content (AvgIpc) is 3.45. The molecule has 0 saturated heterocycles. The third kappa shape index (κ3) is 4.26. The standard InChI is InChI=1S/C20H30O2.C19H26O2/c1-12-10-14(21)11-13-4-5-15-16-6-7-18(22)19(16,2)9-8-17(15)20(12,13)3;1-18-9-7-13(20)11-12(18)3-4-14-15-5-6-17(21)19(15,2)10-8-16(14)18/h10,13,15-18,22H,4-9,11H2,1-3H3;11,14-16H,3-10H2,1-2H3/t13-,15-,16-,17-,18-,19-,20-;14-,15-,16-,18-,19-/m00/s1. The molecule has 0 amide bonds. The first-order valence-corrected chi connectivity index (χ1v) is 18.0. The first-order valence-electron chi connectivity index (χ1n) is 18.0. The van der Waals surface area contributed by atoms with E-state index in [-0.39, 0.29) is 27.8 Å². The summed E-state index contributed by atoms with van der Waals surface area (Å²) < 4.78 is 0. The fourth-order valence-electron chi connectivity index (χ4n) is 13.4. The van der Waals surface area contributed by atoms with Crippen LogP contribution in [0.4, 0.5) is 0 Å². The minimum Gasteiger partial charge on any atom is -0.393 e. The maximum atomic E-state index is 12.4. The molecule has 6 saturated carbocycles. The highest BCUT2D eigenvalue weighted by atomic mass is 16.3. The summed E-state index contributed by atoms with van der Waals surface area (Å²) in [6, 6.07) is 0. The van der Waals surface area contributed by atoms with Gasteiger partial charge in [-0.15, -0.1) is 0 Å². The Balaban J connectivity index is 0.000000140. The van der Waals surface area contributed by atoms with E-state index in [0.29, 0.717) is 46.9 Å². The van der Waals surface area contributed by atoms with Crippen molar-refractivity contribution in [3.05, 3.63) is 23.3 Å². The van der Waals surface area contributed by atoms with Crippen molar-refractivity contribution in [1.82, 2.24) is 0 Å². The predicted molar refractivity (Wildman–Crippen MR) is 169 cm³/mol. The molecule has 0 aromatic heterocycles. The van der Waals surface area contributed by atoms with Crippen LogP contribution in [0.15, 0.2) is 23.3 Å². The van der Waals surface area contributed by atoms with E-state index in [4.69, 9.17) is 0 Å². The van der Waals surface area contributed by atoms with E-state index >= 15 is 0 Å². The highest BCUT2D eigenvalue weighted by Gasteiger charge is 2.61. The number of aliphatic hydroxyl groups is 1. The summed E-state index contributed by atoms with van der Waals surface area (Å²) in [5.74, 6) is 5.96. The summed E-state index contributed by atoms with van der Waals surface area (Å²) in [4.78, 5) is 36.1. The molecule has 0 radical (unpaired) electrons. The molecule has 0 bridgehead atoms. The number of allylic oxidation sites excluding steroid dienone is 3. The van der Waals surface area contributed by atoms with E-state index in [1.54, 1.807) is 0 Å². The Labute approximate surface area is 259 Å². The number of hydrogen-bond acceptors (Lipinski definition) is 4. The van der Waals surface area contributed by atoms with Crippen molar-refractivity contribution in [2.75, 3.05) is 0 Å². The number of fused-ring (bicyclic) bond motifs is 10. The Morgan fingerprint density at radius 2 is 1.37 bits per heavy atom. The zero-order valence-corrected chi connectivity index (χ0v) is 27.6. The van der Waals surface area contributed by atoms with Gasteiger partial charge in [0.05, 0.1) is 6.10 Å². The van der Waals surface area contributed by atoms with Crippen LogP contribution in [0.2, 0.25) is 0 Å². The maximum absolute atomic E-state index is 12.4. The van der Waals surface area contributed by atoms with Gasteiger partial charge in [-0.3, -0.25) is 14.4 Å². The molecule has 0 unspecified atom stereocenters. The lowest BCUT2D eigenvalue weighted by Crippen LogP contribution is -2.54. The fraction of sp³-hybridized carbons (Fsp3) is 0.821. The number of ketones is 3. The van der Waals surface area contributed by atoms with Crippen LogP contribution in [0.25, 0.3) is 0 Å². The lowest BCUT2D eigenvalue weighted by atomic mass is 9.45. The number of aliphatic hydroxyl groups excluding tert-OH is 1. The molecule has 0 aromatic carbocycles. The molecule has 12 atom stereocenters. The molecule has 43 heavy (non-hydrogen) atoms. The average molecular weight is 589 g/mol. The van der Waals surface area contributed by atoms with Crippen molar-refractivity contribution in [2.45, 2.75) is 137 Å². The van der Waals surface area contributed by atoms with E-state index in [2.05, 4.69) is 34.6 Å². The predicted octanol–water partition coefficient (Wildman–Crippen LogP) is 8.21. The van der Waals surface area contributed by atoms with E-state index in [9.17, 15) is 19.5 Å². The smallest absolute Gasteiger partial charge is 0.155 e. The third-order valence-corrected chi connectivity index (χ3v) is 16.2. The molecule has 8 aliphatic rings. The normalized spacial score (nSPS) is 51.8. The third-order valence-electron chi connectivity index (χ3n) is 16.2. The van der Waals surface area contributed by atoms with Gasteiger partial charge < -0.3 is 5.11 Å². The fourth-order valence-corrected chi connectivity index (χ4v) is 13.4. The second kappa shape index (κ2) is 10.2. The Kier molecular flexibility index (Phi) is 7.17. The molecule has 0 heterocycles. The van der Waals surface area contributed by atoms with Crippen molar-refractivity contribution in [3.8, 4) is 0 Å². The molecule has 236 valence electrons. The number of carbonyl (C=O) groups is 3. The minimum atomic E-state index is -0.0893. The quantitative estimate of drug-likeness (QED) is 0.310. The van der Waals surface area contributed by atoms with Crippen molar-refractivity contribution < 1.29 is 19.5 Å². The van der Waals surface area contributed by atoms with Crippen LogP contribution < -0.4 is 0 Å². The zero-order valence-electron chi connectivity index (χ0n) is 27.6. The van der Waals surface area contributed by atoms with Crippen molar-refractivity contribution in [1.29, 1.82) is 0 Å². The number of rotatable bonds is 0. The van der Waals surface area contributed by atoms with Gasteiger partial charge in [-0.05, 0) is 154 Å². The molecular formula is C39H56O4. The van der Waals surface area contributed by atoms with Gasteiger partial charge in [0.2, 0.25) is 0 Å². The summed E-state index contributed by atoms with van der Waals surface area (Å²) in [5.41, 5.74) is 3.36. The highest BCUT2D eigenvalue weighted by molar-refractivity contribution is 5.92. The van der Waals surface area contributed by atoms with Crippen LogP contribution >= 0.6 is 0 Å². The van der Waals surface area contributed by atoms with E-state index < -0.39 is 0 Å². The summed E-state index contributed by atoms with van der Waals surface area (Å²) in [5, 5.41) is 10.5. The molecule has 8 rings (SSSR count). The van der Waals surface area contributed by atoms with E-state index in [1.165, 1.54) is 56.1 Å². The maximum Gasteiger partial charge on any atom is 0.155 e. The Hall–Kier alpha value is -1.55. The Morgan fingerprint density at radius 1 is 0.651 bits per heavy atom. The summed E-state index contributed by atoms with van der Waals surface area (Å²) in [6.45, 7) is 11.6. The van der Waals surface area contributed by atoms with Crippen molar-refractivity contribution in [3.63, 3.8) is 0 Å². The zero-order chi connectivity index (χ0) is 30.5. The molecular weight excluding hydrogens is 532 g/mol. The summed E-state index contributed by atoms with van der Waals surface area (Å²) >= 11 is 0. The number of hydrogen-bond donors (Lipinski definition) is 1. The van der Waals surface area contributed by atoms with Crippen LogP contribution in [0.5, 0.6) is 0 Å². The highest BCUT2D eigenvalue weighted by Crippen LogP contribution is 2.67. The first-order chi connectivity index (χ1) is 20.3. The van der Waals surface area contributed by atoms with E-state index in [1.807, 2.05) is 12.2 Å². The van der Waals surface area contributed by atoms with Gasteiger partial charge in [0.25, 0.3) is 0 Å². The van der Waals surface area contributed by atoms with Crippen LogP contribution in [-0.4, -0.2) is 28.6 Å². The lowest BCUT2D eigenvalue weighted by molar-refractivity contribution is -0.132. The van der Waals surface area contributed by atoms with Gasteiger partial charge >= 0.3 is 0 Å². The van der Waals surface area contributed by atoms with Crippen LogP contribution in [-0.2, 0) is 14.4 Å². The summed E-state index contributed by atoms with van der Waals surface area (Å²) in [6.07, 6.45) is 19.9. The SMILES string of the molecule is CC1=CC(=O)C[C@@H]2CC[C@H]3[C@@H]4CC[C@H](O)[C@@]4(C)CC[C@@H]3[C@@]12C.C[C@]12CCC(=O)C=C1CC[C@@H]1[C@@H]2CC[C@]2(C)C(=O)CC[C@@H]12. The molecule has 0 aliphatic heterocycles. The first kappa shape index (κ1) is 30.1. The van der Waals surface area contributed by atoms with Gasteiger partial charge in [-0.2, -0.15) is 0 Å². The second-order valence-corrected chi connectivity index (χ2v) is 17.5. The van der Waals surface area contributed by atoms with Gasteiger partial charge in [-0.25, -0.2) is 0 Å². The molecule has 4 nitrogen and oxygen atoms in total. The molecule has 8 aliphatic carbocycles. The minimum absolute atomic E-state index is 0.0246. The topological polar surface area (TPSA) is 71.4 Å². The van der Waals surface area contributed by atoms with Crippen molar-refractivity contribution in [2.24, 2.45) is 63.1 Å². The monoisotopic (exact) mass is 588 g/mol. The lowest BCUT2D eigenvalue weighted by Gasteiger charge is -2.60. The van der Waals surface area contributed by atoms with Crippen LogP contribution in [0.1, 0.15) is 131 Å². The van der Waals surface area contributed by atoms with Gasteiger partial charge in [0, 0.05) is 24.7 Å². The van der Waals surface area contributed by atoms with Crippen molar-refractivity contribution >= 4 is 17.3 Å². The van der Waals surface area contributed by atoms with Crippen LogP contribution in [0.3, 0.4) is 0 Å². The van der Waals surface area contributed by atoms with Crippen LogP contribution in [0, 0.1) is 63.1 Å². The van der Waals surface area contributed by atoms with Gasteiger partial charge in [-0.1, -0.05) is 38.8 Å². The van der Waals surface area contributed by atoms with Gasteiger partial charge in [0.1, 0.15) is 5.78 Å². The second-order valence-electron chi connectivity index (χ2n) is 17.5. The Morgan fingerprint density at radius 3 is 2.16 bits per heavy atom. The molecule has 1 N–H and O–H groups in total.